The highest BCUT2D eigenvalue weighted by Crippen LogP contribution is 2.27. The van der Waals surface area contributed by atoms with E-state index in [-0.39, 0.29) is 5.78 Å². The summed E-state index contributed by atoms with van der Waals surface area (Å²) in [5, 5.41) is 1.10. The summed E-state index contributed by atoms with van der Waals surface area (Å²) in [5.74, 6) is 0.609. The third-order valence-electron chi connectivity index (χ3n) is 4.88. The average molecular weight is 362 g/mol. The van der Waals surface area contributed by atoms with Crippen LogP contribution < -0.4 is 4.90 Å². The van der Waals surface area contributed by atoms with Crippen LogP contribution in [-0.2, 0) is 0 Å². The minimum Gasteiger partial charge on any atom is -0.372 e. The summed E-state index contributed by atoms with van der Waals surface area (Å²) >= 11 is 1.59. The molecule has 0 unspecified atom stereocenters. The Kier molecular flexibility index (Phi) is 5.21. The molecule has 0 spiro atoms. The predicted molar refractivity (Wildman–Crippen MR) is 109 cm³/mol. The van der Waals surface area contributed by atoms with Crippen LogP contribution in [0, 0.1) is 0 Å². The molecule has 1 aromatic heterocycles. The standard InChI is InChI=1S/C22H22N2OS/c25-21(16-26-22-12-13-23-20-7-3-2-6-19(20)22)17-8-10-18(11-9-17)24-14-4-1-5-15-24/h2-3,6-13H,1,4-5,14-16H2. The molecular formula is C22H22N2OS. The van der Waals surface area contributed by atoms with Crippen molar-refractivity contribution >= 4 is 34.1 Å². The quantitative estimate of drug-likeness (QED) is 0.461. The van der Waals surface area contributed by atoms with E-state index in [9.17, 15) is 4.79 Å². The Morgan fingerprint density at radius 3 is 2.54 bits per heavy atom. The lowest BCUT2D eigenvalue weighted by Gasteiger charge is -2.28. The second-order valence-electron chi connectivity index (χ2n) is 6.63. The molecule has 0 bridgehead atoms. The van der Waals surface area contributed by atoms with Gasteiger partial charge in [0.05, 0.1) is 11.3 Å². The molecule has 4 rings (SSSR count). The van der Waals surface area contributed by atoms with Gasteiger partial charge in [0.2, 0.25) is 0 Å². The zero-order chi connectivity index (χ0) is 17.8. The molecule has 0 aliphatic carbocycles. The summed E-state index contributed by atoms with van der Waals surface area (Å²) < 4.78 is 0. The van der Waals surface area contributed by atoms with Crippen molar-refractivity contribution in [3.05, 3.63) is 66.4 Å². The monoisotopic (exact) mass is 362 g/mol. The third-order valence-corrected chi connectivity index (χ3v) is 5.95. The largest absolute Gasteiger partial charge is 0.372 e. The molecule has 2 heterocycles. The van der Waals surface area contributed by atoms with Gasteiger partial charge in [0.1, 0.15) is 0 Å². The van der Waals surface area contributed by atoms with Crippen LogP contribution in [0.25, 0.3) is 10.9 Å². The van der Waals surface area contributed by atoms with Gasteiger partial charge in [-0.25, -0.2) is 0 Å². The molecule has 0 amide bonds. The molecule has 4 heteroatoms. The van der Waals surface area contributed by atoms with E-state index in [0.29, 0.717) is 5.75 Å². The lowest BCUT2D eigenvalue weighted by Crippen LogP contribution is -2.29. The number of para-hydroxylation sites is 1. The van der Waals surface area contributed by atoms with Crippen molar-refractivity contribution < 1.29 is 4.79 Å². The molecule has 1 aliphatic heterocycles. The van der Waals surface area contributed by atoms with Crippen LogP contribution >= 0.6 is 11.8 Å². The maximum Gasteiger partial charge on any atom is 0.173 e. The number of piperidine rings is 1. The number of thioether (sulfide) groups is 1. The van der Waals surface area contributed by atoms with Gasteiger partial charge in [-0.15, -0.1) is 11.8 Å². The third kappa shape index (κ3) is 3.75. The first-order valence-corrected chi connectivity index (χ1v) is 10.1. The number of aromatic nitrogens is 1. The SMILES string of the molecule is O=C(CSc1ccnc2ccccc12)c1ccc(N2CCCCC2)cc1. The molecule has 1 fully saturated rings. The first kappa shape index (κ1) is 17.1. The smallest absolute Gasteiger partial charge is 0.173 e. The van der Waals surface area contributed by atoms with E-state index < -0.39 is 0 Å². The molecule has 132 valence electrons. The second-order valence-corrected chi connectivity index (χ2v) is 7.65. The number of anilines is 1. The molecule has 0 N–H and O–H groups in total. The van der Waals surface area contributed by atoms with Crippen molar-refractivity contribution in [2.24, 2.45) is 0 Å². The van der Waals surface area contributed by atoms with Crippen LogP contribution in [0.5, 0.6) is 0 Å². The maximum absolute atomic E-state index is 12.6. The minimum atomic E-state index is 0.168. The molecule has 26 heavy (non-hydrogen) atoms. The first-order chi connectivity index (χ1) is 12.8. The van der Waals surface area contributed by atoms with E-state index in [2.05, 4.69) is 28.1 Å². The molecule has 0 saturated carbocycles. The Labute approximate surface area is 158 Å². The van der Waals surface area contributed by atoms with Gasteiger partial charge >= 0.3 is 0 Å². The van der Waals surface area contributed by atoms with Gasteiger partial charge in [-0.05, 0) is 55.7 Å². The highest BCUT2D eigenvalue weighted by molar-refractivity contribution is 8.00. The number of hydrogen-bond donors (Lipinski definition) is 0. The van der Waals surface area contributed by atoms with Crippen molar-refractivity contribution in [2.75, 3.05) is 23.7 Å². The number of fused-ring (bicyclic) bond motifs is 1. The van der Waals surface area contributed by atoms with Gasteiger partial charge in [-0.1, -0.05) is 18.2 Å². The Bertz CT molecular complexity index is 896. The number of rotatable bonds is 5. The Balaban J connectivity index is 1.43. The molecular weight excluding hydrogens is 340 g/mol. The maximum atomic E-state index is 12.6. The molecule has 3 nitrogen and oxygen atoms in total. The lowest BCUT2D eigenvalue weighted by atomic mass is 10.1. The van der Waals surface area contributed by atoms with Crippen molar-refractivity contribution in [3.63, 3.8) is 0 Å². The molecule has 1 aliphatic rings. The van der Waals surface area contributed by atoms with E-state index in [0.717, 1.165) is 34.5 Å². The van der Waals surface area contributed by atoms with Crippen LogP contribution in [-0.4, -0.2) is 29.6 Å². The second kappa shape index (κ2) is 7.92. The number of nitrogens with zero attached hydrogens (tertiary/aromatic N) is 2. The Morgan fingerprint density at radius 1 is 0.962 bits per heavy atom. The van der Waals surface area contributed by atoms with Crippen molar-refractivity contribution in [3.8, 4) is 0 Å². The summed E-state index contributed by atoms with van der Waals surface area (Å²) in [7, 11) is 0. The number of ketones is 1. The van der Waals surface area contributed by atoms with Gasteiger partial charge < -0.3 is 4.90 Å². The van der Waals surface area contributed by atoms with Crippen LogP contribution in [0.1, 0.15) is 29.6 Å². The van der Waals surface area contributed by atoms with Crippen LogP contribution in [0.2, 0.25) is 0 Å². The van der Waals surface area contributed by atoms with Crippen molar-refractivity contribution in [1.29, 1.82) is 0 Å². The van der Waals surface area contributed by atoms with E-state index in [1.807, 2.05) is 42.6 Å². The number of hydrogen-bond acceptors (Lipinski definition) is 4. The lowest BCUT2D eigenvalue weighted by molar-refractivity contribution is 0.102. The van der Waals surface area contributed by atoms with Gasteiger partial charge in [-0.3, -0.25) is 9.78 Å². The fourth-order valence-corrected chi connectivity index (χ4v) is 4.37. The summed E-state index contributed by atoms with van der Waals surface area (Å²) in [4.78, 5) is 20.5. The number of carbonyl (C=O) groups is 1. The van der Waals surface area contributed by atoms with E-state index in [1.54, 1.807) is 11.8 Å². The summed E-state index contributed by atoms with van der Waals surface area (Å²) in [5.41, 5.74) is 2.99. The van der Waals surface area contributed by atoms with E-state index in [4.69, 9.17) is 0 Å². The topological polar surface area (TPSA) is 33.2 Å². The fraction of sp³-hybridized carbons (Fsp3) is 0.273. The Hall–Kier alpha value is -2.33. The van der Waals surface area contributed by atoms with Crippen LogP contribution in [0.15, 0.2) is 65.7 Å². The highest BCUT2D eigenvalue weighted by atomic mass is 32.2. The van der Waals surface area contributed by atoms with E-state index in [1.165, 1.54) is 24.9 Å². The average Bonchev–Trinajstić information content (AvgIpc) is 2.73. The van der Waals surface area contributed by atoms with E-state index >= 15 is 0 Å². The molecule has 0 atom stereocenters. The van der Waals surface area contributed by atoms with Gasteiger partial charge in [0, 0.05) is 40.8 Å². The number of Topliss-reactive ketones (excluding diaryl/α,β-unsaturated/α-hetero) is 1. The van der Waals surface area contributed by atoms with Gasteiger partial charge in [0.15, 0.2) is 5.78 Å². The summed E-state index contributed by atoms with van der Waals surface area (Å²) in [6.45, 7) is 2.25. The van der Waals surface area contributed by atoms with Crippen LogP contribution in [0.4, 0.5) is 5.69 Å². The van der Waals surface area contributed by atoms with Gasteiger partial charge in [0.25, 0.3) is 0 Å². The van der Waals surface area contributed by atoms with Crippen molar-refractivity contribution in [2.45, 2.75) is 24.2 Å². The number of benzene rings is 2. The minimum absolute atomic E-state index is 0.168. The first-order valence-electron chi connectivity index (χ1n) is 9.16. The summed E-state index contributed by atoms with van der Waals surface area (Å²) in [6.07, 6.45) is 5.66. The summed E-state index contributed by atoms with van der Waals surface area (Å²) in [6, 6.07) is 18.2. The molecule has 1 saturated heterocycles. The normalized spacial score (nSPS) is 14.5. The zero-order valence-corrected chi connectivity index (χ0v) is 15.5. The van der Waals surface area contributed by atoms with Crippen LogP contribution in [0.3, 0.4) is 0 Å². The molecule has 3 aromatic rings. The zero-order valence-electron chi connectivity index (χ0n) is 14.7. The highest BCUT2D eigenvalue weighted by Gasteiger charge is 2.13. The number of carbonyl (C=O) groups excluding carboxylic acids is 1. The fourth-order valence-electron chi connectivity index (χ4n) is 3.43. The molecule has 0 radical (unpaired) electrons. The predicted octanol–water partition coefficient (Wildman–Crippen LogP) is 5.20. The number of pyridine rings is 1. The van der Waals surface area contributed by atoms with Gasteiger partial charge in [-0.2, -0.15) is 0 Å². The molecule has 2 aromatic carbocycles. The Morgan fingerprint density at radius 2 is 1.73 bits per heavy atom. The van der Waals surface area contributed by atoms with Crippen molar-refractivity contribution in [1.82, 2.24) is 4.98 Å².